The van der Waals surface area contributed by atoms with Crippen LogP contribution in [0.25, 0.3) is 43.9 Å². The van der Waals surface area contributed by atoms with Crippen LogP contribution in [0, 0.1) is 11.3 Å². The van der Waals surface area contributed by atoms with E-state index in [1.165, 1.54) is 0 Å². The number of carbonyl (C=O) groups is 3. The number of nitrogens with zero attached hydrogens (tertiary/aromatic N) is 9. The molecule has 128 heavy (non-hydrogen) atoms. The lowest BCUT2D eigenvalue weighted by Crippen LogP contribution is -2.34. The van der Waals surface area contributed by atoms with Gasteiger partial charge in [0.15, 0.2) is 17.6 Å². The van der Waals surface area contributed by atoms with Gasteiger partial charge < -0.3 is 113 Å². The number of esters is 2. The highest BCUT2D eigenvalue weighted by atomic mass is 16.6. The zero-order chi connectivity index (χ0) is 91.5. The van der Waals surface area contributed by atoms with E-state index in [1.807, 2.05) is 114 Å². The summed E-state index contributed by atoms with van der Waals surface area (Å²) in [6.07, 6.45) is 11.7. The Balaban J connectivity index is 0.000000365. The molecule has 0 saturated heterocycles. The fraction of sp³-hybridized carbons (Fsp3) is 0.600. The number of hydrogen-bond donors (Lipinski definition) is 6. The number of amides is 1. The van der Waals surface area contributed by atoms with Gasteiger partial charge in [-0.2, -0.15) is 5.26 Å². The second-order valence-electron chi connectivity index (χ2n) is 32.2. The molecule has 8 rings (SSSR count). The number of aryl methyl sites for hydroxylation is 4. The molecule has 4 heterocycles. The number of hydrogen-bond acceptors (Lipinski definition) is 27. The van der Waals surface area contributed by atoms with Crippen molar-refractivity contribution in [1.29, 1.82) is 5.26 Å². The summed E-state index contributed by atoms with van der Waals surface area (Å²) >= 11 is 0. The molecule has 1 amide bonds. The average molecular weight is 1780 g/mol. The minimum atomic E-state index is -0.514. The van der Waals surface area contributed by atoms with E-state index < -0.39 is 11.2 Å². The van der Waals surface area contributed by atoms with E-state index in [1.54, 1.807) is 19.2 Å². The number of unbranched alkanes of at least 4 members (excludes halogenated alkanes) is 4. The van der Waals surface area contributed by atoms with E-state index in [-0.39, 0.29) is 37.1 Å². The third-order valence-electron chi connectivity index (χ3n) is 19.2. The van der Waals surface area contributed by atoms with Gasteiger partial charge in [0.2, 0.25) is 5.91 Å². The number of nitrogen functional groups attached to an aromatic ring is 2. The molecule has 0 unspecified atom stereocenters. The fourth-order valence-electron chi connectivity index (χ4n) is 13.1. The predicted molar refractivity (Wildman–Crippen MR) is 500 cm³/mol. The Labute approximate surface area is 755 Å². The Bertz CT molecular complexity index is 4580. The van der Waals surface area contributed by atoms with Crippen molar-refractivity contribution in [3.05, 3.63) is 120 Å². The Morgan fingerprint density at radius 3 is 1.32 bits per heavy atom. The normalized spacial score (nSPS) is 12.0. The quantitative estimate of drug-likeness (QED) is 0.00892. The van der Waals surface area contributed by atoms with Crippen molar-refractivity contribution < 1.29 is 85.4 Å². The van der Waals surface area contributed by atoms with Gasteiger partial charge in [-0.05, 0) is 135 Å². The first-order valence-corrected chi connectivity index (χ1v) is 45.4. The number of benzene rings is 4. The van der Waals surface area contributed by atoms with Gasteiger partial charge in [-0.3, -0.25) is 24.4 Å². The summed E-state index contributed by atoms with van der Waals surface area (Å²) in [7, 11) is 1.62. The van der Waals surface area contributed by atoms with Crippen molar-refractivity contribution in [2.24, 2.45) is 9.98 Å². The SMILES string of the molecule is CCCCc1nc2c(N)nc3ccccc3c2n1CCCCN=C(CCCOCCC(=O)OC(C)(C)C)Nc1cccc(CNC(=O)CCOCCOC)c1.CCCCc1nc2c(N)nc3ccccc3c2n1CCCCN=C(NCCOCCOCCOCCOCCOCCOCCOCCOCCOCCOCCC(=O)OC(C)(C)C)Nc1cccc(C#N)c1. The lowest BCUT2D eigenvalue weighted by molar-refractivity contribution is -0.157. The first-order chi connectivity index (χ1) is 62.3. The van der Waals surface area contributed by atoms with Gasteiger partial charge in [-0.25, -0.2) is 19.9 Å². The Morgan fingerprint density at radius 2 is 0.859 bits per heavy atom. The first kappa shape index (κ1) is 105. The number of nitrogens with two attached hydrogens (primary N) is 2. The Hall–Kier alpha value is -9.64. The van der Waals surface area contributed by atoms with Crippen molar-refractivity contribution in [2.75, 3.05) is 214 Å². The molecule has 0 aliphatic carbocycles. The highest BCUT2D eigenvalue weighted by Crippen LogP contribution is 2.32. The first-order valence-electron chi connectivity index (χ1n) is 45.4. The summed E-state index contributed by atoms with van der Waals surface area (Å²) in [4.78, 5) is 65.1. The number of anilines is 4. The van der Waals surface area contributed by atoms with Crippen LogP contribution in [0.2, 0.25) is 0 Å². The van der Waals surface area contributed by atoms with Gasteiger partial charge in [0.1, 0.15) is 39.7 Å². The van der Waals surface area contributed by atoms with Gasteiger partial charge in [-0.1, -0.05) is 81.3 Å². The van der Waals surface area contributed by atoms with Crippen LogP contribution in [0.1, 0.15) is 162 Å². The maximum atomic E-state index is 12.3. The van der Waals surface area contributed by atoms with Crippen molar-refractivity contribution in [2.45, 2.75) is 183 Å². The molecule has 0 bridgehead atoms. The van der Waals surface area contributed by atoms with Crippen LogP contribution in [0.15, 0.2) is 107 Å². The highest BCUT2D eigenvalue weighted by Gasteiger charge is 2.22. The number of fused-ring (bicyclic) bond motifs is 6. The number of rotatable bonds is 66. The molecule has 4 aromatic heterocycles. The largest absolute Gasteiger partial charge is 0.460 e. The van der Waals surface area contributed by atoms with Gasteiger partial charge in [0.05, 0.1) is 205 Å². The summed E-state index contributed by atoms with van der Waals surface area (Å²) in [5.41, 5.74) is 20.4. The van der Waals surface area contributed by atoms with Gasteiger partial charge in [-0.15, -0.1) is 0 Å². The van der Waals surface area contributed by atoms with Crippen LogP contribution in [0.3, 0.4) is 0 Å². The van der Waals surface area contributed by atoms with E-state index in [0.29, 0.717) is 221 Å². The Morgan fingerprint density at radius 1 is 0.438 bits per heavy atom. The number of nitrogens with one attached hydrogen (secondary N) is 4. The van der Waals surface area contributed by atoms with E-state index in [9.17, 15) is 19.6 Å². The number of methoxy groups -OCH3 is 1. The fourth-order valence-corrected chi connectivity index (χ4v) is 13.1. The molecule has 706 valence electrons. The molecule has 0 saturated carbocycles. The van der Waals surface area contributed by atoms with Crippen molar-refractivity contribution in [3.8, 4) is 6.07 Å². The molecule has 0 spiro atoms. The Kier molecular flexibility index (Phi) is 51.5. The molecule has 0 aliphatic rings. The monoisotopic (exact) mass is 1780 g/mol. The molecular weight excluding hydrogens is 1640 g/mol. The number of nitriles is 1. The second-order valence-corrected chi connectivity index (χ2v) is 32.2. The van der Waals surface area contributed by atoms with Crippen molar-refractivity contribution >= 4 is 96.5 Å². The number of carbonyl (C=O) groups excluding carboxylic acids is 3. The van der Waals surface area contributed by atoms with Gasteiger partial charge in [0.25, 0.3) is 0 Å². The molecule has 0 radical (unpaired) electrons. The number of guanidine groups is 1. The van der Waals surface area contributed by atoms with Crippen molar-refractivity contribution in [1.82, 2.24) is 39.7 Å². The zero-order valence-electron chi connectivity index (χ0n) is 77.3. The number of para-hydroxylation sites is 2. The van der Waals surface area contributed by atoms with E-state index in [2.05, 4.69) is 72.4 Å². The summed E-state index contributed by atoms with van der Waals surface area (Å²) in [6.45, 7) is 30.4. The third-order valence-corrected chi connectivity index (χ3v) is 19.2. The molecule has 0 fully saturated rings. The van der Waals surface area contributed by atoms with Gasteiger partial charge >= 0.3 is 11.9 Å². The van der Waals surface area contributed by atoms with E-state index in [0.717, 1.165) is 162 Å². The number of aliphatic imine (C=N–C) groups is 2. The van der Waals surface area contributed by atoms with E-state index >= 15 is 0 Å². The molecular formula is C95H143N15O18. The third kappa shape index (κ3) is 43.2. The molecule has 8 N–H and O–H groups in total. The number of amidine groups is 1. The summed E-state index contributed by atoms with van der Waals surface area (Å²) in [5, 5.41) is 24.7. The minimum absolute atomic E-state index is 0.0702. The lowest BCUT2D eigenvalue weighted by Gasteiger charge is -2.19. The van der Waals surface area contributed by atoms with Crippen LogP contribution >= 0.6 is 0 Å². The van der Waals surface area contributed by atoms with Crippen LogP contribution in [-0.2, 0) is 118 Å². The average Bonchev–Trinajstić information content (AvgIpc) is 1.61. The number of imidazole rings is 2. The van der Waals surface area contributed by atoms with Crippen LogP contribution in [0.5, 0.6) is 0 Å². The highest BCUT2D eigenvalue weighted by molar-refractivity contribution is 6.07. The van der Waals surface area contributed by atoms with Crippen molar-refractivity contribution in [3.63, 3.8) is 0 Å². The summed E-state index contributed by atoms with van der Waals surface area (Å²) < 4.78 is 87.0. The maximum Gasteiger partial charge on any atom is 0.308 e. The van der Waals surface area contributed by atoms with Crippen LogP contribution in [0.4, 0.5) is 23.0 Å². The minimum Gasteiger partial charge on any atom is -0.460 e. The summed E-state index contributed by atoms with van der Waals surface area (Å²) in [6, 6.07) is 33.7. The van der Waals surface area contributed by atoms with E-state index in [4.69, 9.17) is 102 Å². The maximum absolute atomic E-state index is 12.3. The summed E-state index contributed by atoms with van der Waals surface area (Å²) in [5.74, 6) is 3.88. The standard InChI is InChI=1S/C53H82N8O12.C42H61N7O6/c1-5-6-16-47-60-49-50(45-14-7-8-15-46(45)59-51(49)55)61(47)20-10-9-18-56-52(58-44-13-11-12-43(41-44)42-54)57-19-22-64-24-26-66-28-30-68-32-34-70-36-38-72-40-39-71-37-35-69-33-31-67-29-27-65-25-23-63-21-17-48(62)73-53(2,3)4;1-6-7-19-36-48-39-40(33-16-8-9-17-34(33)47-41(39)43)49(36)23-11-10-22-44-35(18-13-24-53-26-21-38(51)55-42(2,3)4)46-32-15-12-14-31(29-32)30-45-37(50)20-25-54-28-27-52-5/h7-8,11-15,41H,5-6,9-10,16-40H2,1-4H3,(H2,55,59)(H2,56,57,58);8-9,12,14-17,29H,6-7,10-11,13,18-28,30H2,1-5H3,(H2,43,47)(H,44,46)(H,45,50). The second kappa shape index (κ2) is 62.6. The van der Waals surface area contributed by atoms with Crippen LogP contribution in [-0.4, -0.2) is 262 Å². The smallest absolute Gasteiger partial charge is 0.308 e. The number of ether oxygens (including phenoxy) is 15. The molecule has 4 aromatic carbocycles. The number of aromatic nitrogens is 6. The molecule has 0 aliphatic heterocycles. The topological polar surface area (TPSA) is 400 Å². The number of pyridine rings is 2. The molecule has 8 aromatic rings. The lowest BCUT2D eigenvalue weighted by atomic mass is 10.1. The zero-order valence-corrected chi connectivity index (χ0v) is 77.3. The molecule has 0 atom stereocenters. The van der Waals surface area contributed by atoms with Crippen LogP contribution < -0.4 is 32.7 Å². The molecule has 33 nitrogen and oxygen atoms in total. The van der Waals surface area contributed by atoms with Gasteiger partial charge in [0, 0.05) is 101 Å². The molecule has 33 heteroatoms. The predicted octanol–water partition coefficient (Wildman–Crippen LogP) is 13.1.